The standard InChI is InChI=1S/C28H35NO6/c1-4-6-7-17-35-22-13-11-20(12-14-22)26(30)24-25(29(15-18-33-3)28(32)27(24)31)21-9-8-10-23(19-21)34-16-5-2/h8-14,19,25,30H,4-7,15-18H2,1-3H3/b26-24-. The summed E-state index contributed by atoms with van der Waals surface area (Å²) in [5.74, 6) is -0.264. The van der Waals surface area contributed by atoms with E-state index in [0.717, 1.165) is 25.7 Å². The maximum Gasteiger partial charge on any atom is 0.295 e. The van der Waals surface area contributed by atoms with Gasteiger partial charge in [-0.15, -0.1) is 0 Å². The smallest absolute Gasteiger partial charge is 0.295 e. The third kappa shape index (κ3) is 6.42. The van der Waals surface area contributed by atoms with Gasteiger partial charge in [-0.3, -0.25) is 9.59 Å². The fourth-order valence-electron chi connectivity index (χ4n) is 4.05. The Morgan fingerprint density at radius 1 is 0.914 bits per heavy atom. The summed E-state index contributed by atoms with van der Waals surface area (Å²) in [7, 11) is 1.54. The Labute approximate surface area is 207 Å². The van der Waals surface area contributed by atoms with Crippen LogP contribution in [0.25, 0.3) is 5.76 Å². The van der Waals surface area contributed by atoms with Crippen molar-refractivity contribution in [2.75, 3.05) is 33.5 Å². The number of unbranched alkanes of at least 4 members (excludes halogenated alkanes) is 2. The van der Waals surface area contributed by atoms with Crippen LogP contribution in [0.2, 0.25) is 0 Å². The van der Waals surface area contributed by atoms with E-state index in [2.05, 4.69) is 6.92 Å². The van der Waals surface area contributed by atoms with Crippen molar-refractivity contribution >= 4 is 17.4 Å². The summed E-state index contributed by atoms with van der Waals surface area (Å²) in [5.41, 5.74) is 1.18. The highest BCUT2D eigenvalue weighted by atomic mass is 16.5. The van der Waals surface area contributed by atoms with Crippen LogP contribution in [0.5, 0.6) is 11.5 Å². The number of nitrogens with zero attached hydrogens (tertiary/aromatic N) is 1. The molecule has 1 N–H and O–H groups in total. The van der Waals surface area contributed by atoms with E-state index in [1.807, 2.05) is 31.2 Å². The van der Waals surface area contributed by atoms with Gasteiger partial charge in [0.15, 0.2) is 0 Å². The number of Topliss-reactive ketones (excluding diaryl/α,β-unsaturated/α-hetero) is 1. The molecule has 2 aromatic rings. The van der Waals surface area contributed by atoms with Gasteiger partial charge in [0.2, 0.25) is 0 Å². The van der Waals surface area contributed by atoms with Crippen LogP contribution < -0.4 is 9.47 Å². The molecule has 3 rings (SSSR count). The number of ketones is 1. The van der Waals surface area contributed by atoms with E-state index in [0.29, 0.717) is 35.8 Å². The highest BCUT2D eigenvalue weighted by Gasteiger charge is 2.46. The molecule has 7 nitrogen and oxygen atoms in total. The molecule has 2 aromatic carbocycles. The maximum atomic E-state index is 13.1. The van der Waals surface area contributed by atoms with Crippen molar-refractivity contribution in [3.05, 3.63) is 65.2 Å². The number of hydrogen-bond donors (Lipinski definition) is 1. The fraction of sp³-hybridized carbons (Fsp3) is 0.429. The number of carbonyl (C=O) groups excluding carboxylic acids is 2. The van der Waals surface area contributed by atoms with E-state index >= 15 is 0 Å². The van der Waals surface area contributed by atoms with Gasteiger partial charge in [-0.25, -0.2) is 0 Å². The summed E-state index contributed by atoms with van der Waals surface area (Å²) in [6.07, 6.45) is 4.05. The first-order valence-corrected chi connectivity index (χ1v) is 12.2. The average molecular weight is 482 g/mol. The summed E-state index contributed by atoms with van der Waals surface area (Å²) >= 11 is 0. The van der Waals surface area contributed by atoms with Crippen molar-refractivity contribution < 1.29 is 28.9 Å². The van der Waals surface area contributed by atoms with Crippen LogP contribution in [0.4, 0.5) is 0 Å². The van der Waals surface area contributed by atoms with Gasteiger partial charge < -0.3 is 24.2 Å². The lowest BCUT2D eigenvalue weighted by Gasteiger charge is -2.25. The van der Waals surface area contributed by atoms with E-state index in [-0.39, 0.29) is 24.5 Å². The quantitative estimate of drug-likeness (QED) is 0.185. The minimum Gasteiger partial charge on any atom is -0.507 e. The molecular formula is C28H35NO6. The first-order chi connectivity index (χ1) is 17.0. The molecule has 0 saturated carbocycles. The molecule has 1 fully saturated rings. The lowest BCUT2D eigenvalue weighted by molar-refractivity contribution is -0.140. The molecule has 0 spiro atoms. The fourth-order valence-corrected chi connectivity index (χ4v) is 4.05. The van der Waals surface area contributed by atoms with Crippen molar-refractivity contribution in [1.29, 1.82) is 0 Å². The van der Waals surface area contributed by atoms with Crippen LogP contribution in [-0.2, 0) is 14.3 Å². The van der Waals surface area contributed by atoms with Crippen molar-refractivity contribution in [1.82, 2.24) is 4.90 Å². The predicted octanol–water partition coefficient (Wildman–Crippen LogP) is 5.11. The molecule has 0 aromatic heterocycles. The average Bonchev–Trinajstić information content (AvgIpc) is 3.13. The SMILES string of the molecule is CCCCCOc1ccc(/C(O)=C2/C(=O)C(=O)N(CCOC)C2c2cccc(OCCC)c2)cc1. The number of benzene rings is 2. The third-order valence-electron chi connectivity index (χ3n) is 5.87. The normalized spacial score (nSPS) is 17.1. The monoisotopic (exact) mass is 481 g/mol. The lowest BCUT2D eigenvalue weighted by Crippen LogP contribution is -2.32. The van der Waals surface area contributed by atoms with E-state index in [4.69, 9.17) is 14.2 Å². The summed E-state index contributed by atoms with van der Waals surface area (Å²) in [6, 6.07) is 13.5. The van der Waals surface area contributed by atoms with E-state index < -0.39 is 17.7 Å². The number of carbonyl (C=O) groups is 2. The summed E-state index contributed by atoms with van der Waals surface area (Å²) in [4.78, 5) is 27.5. The molecule has 1 amide bonds. The Morgan fingerprint density at radius 2 is 1.66 bits per heavy atom. The van der Waals surface area contributed by atoms with Crippen molar-refractivity contribution in [3.8, 4) is 11.5 Å². The lowest BCUT2D eigenvalue weighted by atomic mass is 9.95. The molecule has 188 valence electrons. The molecule has 1 aliphatic rings. The van der Waals surface area contributed by atoms with E-state index in [1.165, 1.54) is 12.0 Å². The Kier molecular flexibility index (Phi) is 9.73. The Balaban J connectivity index is 1.96. The number of hydrogen-bond acceptors (Lipinski definition) is 6. The molecule has 1 saturated heterocycles. The van der Waals surface area contributed by atoms with Crippen LogP contribution in [0.15, 0.2) is 54.1 Å². The molecule has 1 heterocycles. The maximum absolute atomic E-state index is 13.1. The molecule has 0 bridgehead atoms. The highest BCUT2D eigenvalue weighted by Crippen LogP contribution is 2.40. The van der Waals surface area contributed by atoms with E-state index in [1.54, 1.807) is 24.3 Å². The number of aliphatic hydroxyl groups excluding tert-OH is 1. The second-order valence-corrected chi connectivity index (χ2v) is 8.49. The molecule has 1 unspecified atom stereocenters. The summed E-state index contributed by atoms with van der Waals surface area (Å²) in [6.45, 7) is 5.82. The third-order valence-corrected chi connectivity index (χ3v) is 5.87. The number of likely N-dealkylation sites (tertiary alicyclic amines) is 1. The molecule has 1 atom stereocenters. The molecular weight excluding hydrogens is 446 g/mol. The minimum absolute atomic E-state index is 0.0513. The van der Waals surface area contributed by atoms with Crippen LogP contribution in [-0.4, -0.2) is 55.2 Å². The van der Waals surface area contributed by atoms with Gasteiger partial charge in [-0.2, -0.15) is 0 Å². The first kappa shape index (κ1) is 26.3. The number of rotatable bonds is 13. The molecule has 35 heavy (non-hydrogen) atoms. The number of ether oxygens (including phenoxy) is 3. The number of methoxy groups -OCH3 is 1. The second-order valence-electron chi connectivity index (χ2n) is 8.49. The zero-order chi connectivity index (χ0) is 25.2. The second kappa shape index (κ2) is 13.0. The molecule has 0 radical (unpaired) electrons. The number of aliphatic hydroxyl groups is 1. The summed E-state index contributed by atoms with van der Waals surface area (Å²) in [5, 5.41) is 11.2. The zero-order valence-corrected chi connectivity index (χ0v) is 20.8. The van der Waals surface area contributed by atoms with Crippen LogP contribution in [0, 0.1) is 0 Å². The van der Waals surface area contributed by atoms with E-state index in [9.17, 15) is 14.7 Å². The van der Waals surface area contributed by atoms with Crippen molar-refractivity contribution in [3.63, 3.8) is 0 Å². The van der Waals surface area contributed by atoms with Crippen LogP contribution in [0.3, 0.4) is 0 Å². The van der Waals surface area contributed by atoms with Gasteiger partial charge >= 0.3 is 0 Å². The molecule has 1 aliphatic heterocycles. The van der Waals surface area contributed by atoms with Gasteiger partial charge in [0, 0.05) is 19.2 Å². The van der Waals surface area contributed by atoms with Gasteiger partial charge in [-0.1, -0.05) is 38.8 Å². The van der Waals surface area contributed by atoms with Gasteiger partial charge in [0.25, 0.3) is 11.7 Å². The zero-order valence-electron chi connectivity index (χ0n) is 20.8. The topological polar surface area (TPSA) is 85.3 Å². The molecule has 0 aliphatic carbocycles. The highest BCUT2D eigenvalue weighted by molar-refractivity contribution is 6.46. The Bertz CT molecular complexity index is 1030. The van der Waals surface area contributed by atoms with Gasteiger partial charge in [0.1, 0.15) is 17.3 Å². The summed E-state index contributed by atoms with van der Waals surface area (Å²) < 4.78 is 16.7. The van der Waals surface area contributed by atoms with Gasteiger partial charge in [-0.05, 0) is 54.8 Å². The van der Waals surface area contributed by atoms with Gasteiger partial charge in [0.05, 0.1) is 31.4 Å². The Morgan fingerprint density at radius 3 is 2.34 bits per heavy atom. The molecule has 7 heteroatoms. The predicted molar refractivity (Wildman–Crippen MR) is 135 cm³/mol. The Hall–Kier alpha value is -3.32. The first-order valence-electron chi connectivity index (χ1n) is 12.2. The largest absolute Gasteiger partial charge is 0.507 e. The van der Waals surface area contributed by atoms with Crippen molar-refractivity contribution in [2.24, 2.45) is 0 Å². The van der Waals surface area contributed by atoms with Crippen LogP contribution in [0.1, 0.15) is 56.7 Å². The van der Waals surface area contributed by atoms with Crippen molar-refractivity contribution in [2.45, 2.75) is 45.6 Å². The minimum atomic E-state index is -0.750. The van der Waals surface area contributed by atoms with Crippen LogP contribution >= 0.6 is 0 Å². The number of amides is 1.